The van der Waals surface area contributed by atoms with E-state index in [0.717, 1.165) is 38.1 Å². The van der Waals surface area contributed by atoms with Crippen LogP contribution in [0.5, 0.6) is 11.5 Å². The van der Waals surface area contributed by atoms with Crippen molar-refractivity contribution >= 4 is 40.9 Å². The van der Waals surface area contributed by atoms with Crippen LogP contribution in [0.2, 0.25) is 0 Å². The molecule has 9 nitrogen and oxygen atoms in total. The average Bonchev–Trinajstić information content (AvgIpc) is 3.54. The van der Waals surface area contributed by atoms with E-state index in [2.05, 4.69) is 4.98 Å². The number of nitrogens with one attached hydrogen (secondary N) is 1. The number of aromatic amines is 1. The van der Waals surface area contributed by atoms with Gasteiger partial charge in [0.25, 0.3) is 0 Å². The van der Waals surface area contributed by atoms with Crippen LogP contribution in [-0.4, -0.2) is 55.8 Å². The predicted molar refractivity (Wildman–Crippen MR) is 127 cm³/mol. The Morgan fingerprint density at radius 1 is 1.23 bits per heavy atom. The first-order valence-corrected chi connectivity index (χ1v) is 13.4. The Bertz CT molecular complexity index is 1320. The fraction of sp³-hybridized carbons (Fsp3) is 0.500. The summed E-state index contributed by atoms with van der Waals surface area (Å²) in [5.41, 5.74) is 0.884. The topological polar surface area (TPSA) is 137 Å². The van der Waals surface area contributed by atoms with Gasteiger partial charge < -0.3 is 19.9 Å². The number of amides is 2. The molecule has 3 heterocycles. The number of carbonyl (C=O) groups excluding carboxylic acids is 2. The number of aromatic hydroxyl groups is 1. The molecule has 184 valence electrons. The number of ether oxygens (including phenoxy) is 1. The van der Waals surface area contributed by atoms with E-state index in [9.17, 15) is 29.4 Å². The van der Waals surface area contributed by atoms with E-state index < -0.39 is 29.8 Å². The van der Waals surface area contributed by atoms with Crippen molar-refractivity contribution in [3.8, 4) is 11.5 Å². The average molecular weight is 517 g/mol. The van der Waals surface area contributed by atoms with Gasteiger partial charge in [0.05, 0.1) is 23.5 Å². The number of aromatic nitrogens is 1. The van der Waals surface area contributed by atoms with Crippen molar-refractivity contribution in [1.82, 2.24) is 9.88 Å². The maximum absolute atomic E-state index is 13.4. The number of H-pyrrole nitrogens is 1. The first kappa shape index (κ1) is 22.7. The van der Waals surface area contributed by atoms with Gasteiger partial charge in [-0.15, -0.1) is 11.8 Å². The SMILES string of the molecule is CCOc1cc([C@H]2c3sc(=O)[nH]c3SC3C4CC(C5C(=O)N(C(C)C(=O)O)C(=O)C45)C32)ccc1O. The van der Waals surface area contributed by atoms with Crippen LogP contribution in [0, 0.1) is 29.6 Å². The number of thiazole rings is 1. The summed E-state index contributed by atoms with van der Waals surface area (Å²) in [6.07, 6.45) is 0.719. The lowest BCUT2D eigenvalue weighted by Crippen LogP contribution is -2.44. The lowest BCUT2D eigenvalue weighted by molar-refractivity contribution is -0.154. The minimum absolute atomic E-state index is 0.00480. The normalized spacial score (nSPS) is 33.4. The van der Waals surface area contributed by atoms with E-state index in [1.54, 1.807) is 23.9 Å². The number of hydrogen-bond acceptors (Lipinski definition) is 8. The highest BCUT2D eigenvalue weighted by Crippen LogP contribution is 2.68. The summed E-state index contributed by atoms with van der Waals surface area (Å²) in [7, 11) is 0. The van der Waals surface area contributed by atoms with Crippen LogP contribution < -0.4 is 9.61 Å². The highest BCUT2D eigenvalue weighted by molar-refractivity contribution is 8.00. The molecule has 2 saturated carbocycles. The van der Waals surface area contributed by atoms with Gasteiger partial charge in [0.2, 0.25) is 11.8 Å². The quantitative estimate of drug-likeness (QED) is 0.516. The lowest BCUT2D eigenvalue weighted by atomic mass is 9.68. The Hall–Kier alpha value is -2.79. The smallest absolute Gasteiger partial charge is 0.326 e. The van der Waals surface area contributed by atoms with Crippen molar-refractivity contribution in [2.45, 2.75) is 42.5 Å². The molecule has 7 unspecified atom stereocenters. The second-order valence-corrected chi connectivity index (χ2v) is 11.9. The molecule has 2 aromatic rings. The molecule has 3 N–H and O–H groups in total. The Kier molecular flexibility index (Phi) is 5.09. The highest BCUT2D eigenvalue weighted by Gasteiger charge is 2.70. The molecular formula is C24H24N2O7S2. The molecule has 2 aliphatic heterocycles. The molecule has 2 bridgehead atoms. The van der Waals surface area contributed by atoms with Gasteiger partial charge >= 0.3 is 10.8 Å². The van der Waals surface area contributed by atoms with Crippen molar-refractivity contribution in [2.24, 2.45) is 29.6 Å². The Morgan fingerprint density at radius 2 is 1.94 bits per heavy atom. The number of likely N-dealkylation sites (tertiary alicyclic amines) is 1. The van der Waals surface area contributed by atoms with Crippen molar-refractivity contribution in [3.63, 3.8) is 0 Å². The summed E-state index contributed by atoms with van der Waals surface area (Å²) in [5.74, 6) is -3.05. The van der Waals surface area contributed by atoms with E-state index in [1.165, 1.54) is 6.92 Å². The number of hydrogen-bond donors (Lipinski definition) is 3. The largest absolute Gasteiger partial charge is 0.504 e. The van der Waals surface area contributed by atoms with Gasteiger partial charge in [-0.25, -0.2) is 4.79 Å². The second-order valence-electron chi connectivity index (χ2n) is 9.68. The number of aliphatic carboxylic acids is 1. The zero-order valence-corrected chi connectivity index (χ0v) is 20.6. The summed E-state index contributed by atoms with van der Waals surface area (Å²) in [5, 5.41) is 20.5. The number of thioether (sulfide) groups is 1. The molecule has 3 fully saturated rings. The van der Waals surface area contributed by atoms with Crippen LogP contribution in [0.1, 0.15) is 36.6 Å². The number of carboxylic acids is 1. The fourth-order valence-electron chi connectivity index (χ4n) is 6.90. The third-order valence-electron chi connectivity index (χ3n) is 8.15. The maximum atomic E-state index is 13.4. The fourth-order valence-corrected chi connectivity index (χ4v) is 9.79. The van der Waals surface area contributed by atoms with E-state index in [1.807, 2.05) is 13.0 Å². The van der Waals surface area contributed by atoms with E-state index >= 15 is 0 Å². The van der Waals surface area contributed by atoms with Crippen LogP contribution in [0.25, 0.3) is 0 Å². The minimum Gasteiger partial charge on any atom is -0.504 e. The number of carboxylic acid groups (broad SMARTS) is 1. The van der Waals surface area contributed by atoms with Crippen molar-refractivity contribution in [2.75, 3.05) is 6.61 Å². The lowest BCUT2D eigenvalue weighted by Gasteiger charge is -2.43. The number of imide groups is 1. The Morgan fingerprint density at radius 3 is 2.63 bits per heavy atom. The summed E-state index contributed by atoms with van der Waals surface area (Å²) >= 11 is 2.73. The third kappa shape index (κ3) is 3.07. The minimum atomic E-state index is -1.20. The van der Waals surface area contributed by atoms with Crippen molar-refractivity contribution in [1.29, 1.82) is 0 Å². The van der Waals surface area contributed by atoms with Crippen LogP contribution in [0.3, 0.4) is 0 Å². The first-order valence-electron chi connectivity index (χ1n) is 11.7. The number of rotatable bonds is 5. The number of phenolic OH excluding ortho intramolecular Hbond substituents is 1. The van der Waals surface area contributed by atoms with Gasteiger partial charge in [-0.1, -0.05) is 17.4 Å². The molecule has 8 atom stereocenters. The van der Waals surface area contributed by atoms with Gasteiger partial charge in [0.1, 0.15) is 6.04 Å². The summed E-state index contributed by atoms with van der Waals surface area (Å²) in [6.45, 7) is 3.59. The Labute approximate surface area is 208 Å². The zero-order chi connectivity index (χ0) is 24.8. The molecule has 0 spiro atoms. The van der Waals surface area contributed by atoms with Gasteiger partial charge in [-0.2, -0.15) is 0 Å². The van der Waals surface area contributed by atoms with Crippen LogP contribution in [0.4, 0.5) is 0 Å². The number of carbonyl (C=O) groups is 3. The van der Waals surface area contributed by atoms with Gasteiger partial charge in [0, 0.05) is 16.0 Å². The van der Waals surface area contributed by atoms with Crippen molar-refractivity contribution in [3.05, 3.63) is 38.3 Å². The number of nitrogens with zero attached hydrogens (tertiary/aromatic N) is 1. The van der Waals surface area contributed by atoms with E-state index in [4.69, 9.17) is 4.74 Å². The molecule has 1 aromatic carbocycles. The second kappa shape index (κ2) is 7.86. The van der Waals surface area contributed by atoms with Crippen LogP contribution >= 0.6 is 23.1 Å². The number of phenols is 1. The molecule has 1 saturated heterocycles. The number of benzene rings is 1. The zero-order valence-electron chi connectivity index (χ0n) is 19.0. The van der Waals surface area contributed by atoms with Gasteiger partial charge in [-0.3, -0.25) is 19.3 Å². The summed E-state index contributed by atoms with van der Waals surface area (Å²) in [6, 6.07) is 4.01. The molecule has 1 aromatic heterocycles. The first-order chi connectivity index (χ1) is 16.7. The van der Waals surface area contributed by atoms with E-state index in [-0.39, 0.29) is 45.5 Å². The highest BCUT2D eigenvalue weighted by atomic mass is 32.2. The van der Waals surface area contributed by atoms with Crippen molar-refractivity contribution < 1.29 is 29.3 Å². The molecule has 4 aliphatic rings. The molecular weight excluding hydrogens is 492 g/mol. The number of fused-ring (bicyclic) bond motifs is 9. The van der Waals surface area contributed by atoms with Crippen LogP contribution in [0.15, 0.2) is 28.0 Å². The maximum Gasteiger partial charge on any atom is 0.326 e. The molecule has 11 heteroatoms. The molecule has 35 heavy (non-hydrogen) atoms. The standard InChI is InChI=1S/C24H24N2O7S2/c1-3-33-13-6-9(4-5-12(13)27)14-15-10-7-11(18(15)34-20-19(14)35-24(32)25-20)17-16(10)21(28)26(22(17)29)8(2)23(30)31/h4-6,8,10-11,14-18,27H,3,7H2,1-2H3,(H,25,32)(H,30,31)/t8?,10?,11?,14-,15?,16?,17?,18?/m1/s1. The Balaban J connectivity index is 1.45. The van der Waals surface area contributed by atoms with Gasteiger partial charge in [0.15, 0.2) is 11.5 Å². The molecule has 2 amide bonds. The molecule has 2 aliphatic carbocycles. The summed E-state index contributed by atoms with van der Waals surface area (Å²) < 4.78 is 5.62. The summed E-state index contributed by atoms with van der Waals surface area (Å²) in [4.78, 5) is 55.3. The third-order valence-corrected chi connectivity index (χ3v) is 10.7. The van der Waals surface area contributed by atoms with Crippen LogP contribution in [-0.2, 0) is 14.4 Å². The predicted octanol–water partition coefficient (Wildman–Crippen LogP) is 2.49. The van der Waals surface area contributed by atoms with Gasteiger partial charge in [-0.05, 0) is 55.7 Å². The monoisotopic (exact) mass is 516 g/mol. The molecule has 0 radical (unpaired) electrons. The molecule has 6 rings (SSSR count). The van der Waals surface area contributed by atoms with E-state index in [0.29, 0.717) is 12.4 Å².